The first-order valence-electron chi connectivity index (χ1n) is 7.71. The zero-order chi connectivity index (χ0) is 18.5. The molecule has 1 unspecified atom stereocenters. The summed E-state index contributed by atoms with van der Waals surface area (Å²) < 4.78 is 10.9. The third kappa shape index (κ3) is 4.16. The number of carbonyl (C=O) groups is 2. The van der Waals surface area contributed by atoms with Crippen LogP contribution in [-0.2, 0) is 14.3 Å². The summed E-state index contributed by atoms with van der Waals surface area (Å²) >= 11 is 1.28. The van der Waals surface area contributed by atoms with Crippen molar-refractivity contribution in [2.24, 2.45) is 0 Å². The van der Waals surface area contributed by atoms with Gasteiger partial charge < -0.3 is 14.6 Å². The first-order valence-corrected chi connectivity index (χ1v) is 8.52. The quantitative estimate of drug-likeness (QED) is 0.645. The largest absolute Gasteiger partial charge is 0.497 e. The Morgan fingerprint density at radius 1 is 1.23 bits per heavy atom. The number of carbonyl (C=O) groups excluding carboxylic acids is 2. The van der Waals surface area contributed by atoms with Crippen molar-refractivity contribution in [3.63, 3.8) is 0 Å². The molecule has 0 radical (unpaired) electrons. The van der Waals surface area contributed by atoms with E-state index in [1.807, 2.05) is 6.07 Å². The Morgan fingerprint density at radius 3 is 2.73 bits per heavy atom. The smallest absolute Gasteiger partial charge is 0.340 e. The summed E-state index contributed by atoms with van der Waals surface area (Å²) in [5.41, 5.74) is 1.13. The maximum absolute atomic E-state index is 11.9. The van der Waals surface area contributed by atoms with Crippen LogP contribution in [0.25, 0.3) is 10.2 Å². The second-order valence-corrected chi connectivity index (χ2v) is 6.35. The van der Waals surface area contributed by atoms with Crippen LogP contribution in [0.15, 0.2) is 48.5 Å². The normalized spacial score (nSPS) is 11.8. The van der Waals surface area contributed by atoms with E-state index < -0.39 is 24.6 Å². The van der Waals surface area contributed by atoms with Gasteiger partial charge in [0, 0.05) is 0 Å². The molecule has 0 saturated carbocycles. The summed E-state index contributed by atoms with van der Waals surface area (Å²) in [6.45, 7) is -0.512. The standard InChI is InChI=1S/C18H16N2O5S/c1-24-12-7-8-13-14(9-12)26-18(19-13)20-15(21)10-25-17(23)16(22)11-5-3-2-4-6-11/h2-9,16,22H,10H2,1H3,(H,19,20,21). The number of hydrogen-bond acceptors (Lipinski definition) is 7. The Hall–Kier alpha value is -2.97. The van der Waals surface area contributed by atoms with Gasteiger partial charge in [-0.25, -0.2) is 9.78 Å². The number of nitrogens with zero attached hydrogens (tertiary/aromatic N) is 1. The average Bonchev–Trinajstić information content (AvgIpc) is 3.07. The molecule has 1 heterocycles. The molecule has 1 atom stereocenters. The van der Waals surface area contributed by atoms with Gasteiger partial charge in [0.1, 0.15) is 5.75 Å². The number of thiazole rings is 1. The van der Waals surface area contributed by atoms with Gasteiger partial charge in [-0.05, 0) is 23.8 Å². The molecular formula is C18H16N2O5S. The van der Waals surface area contributed by atoms with Crippen LogP contribution < -0.4 is 10.1 Å². The highest BCUT2D eigenvalue weighted by Gasteiger charge is 2.20. The van der Waals surface area contributed by atoms with Crippen molar-refractivity contribution in [2.75, 3.05) is 19.0 Å². The highest BCUT2D eigenvalue weighted by molar-refractivity contribution is 7.22. The predicted molar refractivity (Wildman–Crippen MR) is 97.2 cm³/mol. The van der Waals surface area contributed by atoms with E-state index in [9.17, 15) is 14.7 Å². The fraction of sp³-hybridized carbons (Fsp3) is 0.167. The number of anilines is 1. The number of rotatable bonds is 6. The van der Waals surface area contributed by atoms with E-state index in [1.54, 1.807) is 49.6 Å². The molecule has 0 aliphatic heterocycles. The predicted octanol–water partition coefficient (Wildman–Crippen LogP) is 2.52. The molecule has 8 heteroatoms. The highest BCUT2D eigenvalue weighted by Crippen LogP contribution is 2.29. The maximum atomic E-state index is 11.9. The van der Waals surface area contributed by atoms with E-state index in [4.69, 9.17) is 9.47 Å². The number of amides is 1. The molecule has 0 saturated heterocycles. The van der Waals surface area contributed by atoms with Crippen LogP contribution in [0.2, 0.25) is 0 Å². The minimum Gasteiger partial charge on any atom is -0.497 e. The Kier molecular flexibility index (Phi) is 5.45. The molecule has 0 fully saturated rings. The first-order chi connectivity index (χ1) is 12.6. The topological polar surface area (TPSA) is 97.8 Å². The van der Waals surface area contributed by atoms with Gasteiger partial charge in [0.25, 0.3) is 5.91 Å². The van der Waals surface area contributed by atoms with Crippen LogP contribution in [0.1, 0.15) is 11.7 Å². The minimum atomic E-state index is -1.43. The molecule has 134 valence electrons. The summed E-state index contributed by atoms with van der Waals surface area (Å²) in [6, 6.07) is 13.7. The summed E-state index contributed by atoms with van der Waals surface area (Å²) in [5.74, 6) is -0.729. The fourth-order valence-corrected chi connectivity index (χ4v) is 3.14. The molecule has 0 spiro atoms. The van der Waals surface area contributed by atoms with Crippen molar-refractivity contribution >= 4 is 38.6 Å². The van der Waals surface area contributed by atoms with E-state index in [0.717, 1.165) is 10.2 Å². The Labute approximate surface area is 153 Å². The molecular weight excluding hydrogens is 356 g/mol. The average molecular weight is 372 g/mol. The van der Waals surface area contributed by atoms with E-state index in [1.165, 1.54) is 11.3 Å². The summed E-state index contributed by atoms with van der Waals surface area (Å²) in [4.78, 5) is 28.1. The number of benzene rings is 2. The number of aromatic nitrogens is 1. The van der Waals surface area contributed by atoms with Crippen molar-refractivity contribution in [2.45, 2.75) is 6.10 Å². The van der Waals surface area contributed by atoms with E-state index in [0.29, 0.717) is 16.4 Å². The molecule has 26 heavy (non-hydrogen) atoms. The summed E-state index contributed by atoms with van der Waals surface area (Å²) in [6.07, 6.45) is -1.43. The van der Waals surface area contributed by atoms with Gasteiger partial charge in [-0.3, -0.25) is 10.1 Å². The molecule has 0 aliphatic carbocycles. The monoisotopic (exact) mass is 372 g/mol. The third-order valence-corrected chi connectivity index (χ3v) is 4.46. The molecule has 3 aromatic rings. The zero-order valence-corrected chi connectivity index (χ0v) is 14.7. The molecule has 2 aromatic carbocycles. The molecule has 1 amide bonds. The highest BCUT2D eigenvalue weighted by atomic mass is 32.1. The lowest BCUT2D eigenvalue weighted by Gasteiger charge is -2.10. The van der Waals surface area contributed by atoms with Gasteiger partial charge in [0.05, 0.1) is 17.3 Å². The number of esters is 1. The van der Waals surface area contributed by atoms with Gasteiger partial charge in [-0.2, -0.15) is 0 Å². The van der Waals surface area contributed by atoms with Crippen LogP contribution >= 0.6 is 11.3 Å². The zero-order valence-electron chi connectivity index (χ0n) is 13.8. The van der Waals surface area contributed by atoms with Crippen LogP contribution in [-0.4, -0.2) is 35.7 Å². The Balaban J connectivity index is 1.56. The molecule has 7 nitrogen and oxygen atoms in total. The minimum absolute atomic E-state index is 0.387. The maximum Gasteiger partial charge on any atom is 0.340 e. The lowest BCUT2D eigenvalue weighted by Crippen LogP contribution is -2.23. The molecule has 0 bridgehead atoms. The number of methoxy groups -OCH3 is 1. The molecule has 1 aromatic heterocycles. The van der Waals surface area contributed by atoms with Crippen LogP contribution in [0, 0.1) is 0 Å². The second kappa shape index (κ2) is 7.94. The molecule has 2 N–H and O–H groups in total. The van der Waals surface area contributed by atoms with Gasteiger partial charge in [0.2, 0.25) is 0 Å². The Morgan fingerprint density at radius 2 is 2.00 bits per heavy atom. The number of ether oxygens (including phenoxy) is 2. The first kappa shape index (κ1) is 17.8. The third-order valence-electron chi connectivity index (χ3n) is 3.53. The van der Waals surface area contributed by atoms with Crippen molar-refractivity contribution in [1.29, 1.82) is 0 Å². The van der Waals surface area contributed by atoms with Crippen LogP contribution in [0.4, 0.5) is 5.13 Å². The van der Waals surface area contributed by atoms with Crippen LogP contribution in [0.3, 0.4) is 0 Å². The van der Waals surface area contributed by atoms with Gasteiger partial charge >= 0.3 is 5.97 Å². The second-order valence-electron chi connectivity index (χ2n) is 5.32. The summed E-state index contributed by atoms with van der Waals surface area (Å²) in [5, 5.41) is 12.9. The van der Waals surface area contributed by atoms with Gasteiger partial charge in [0.15, 0.2) is 17.8 Å². The van der Waals surface area contributed by atoms with Crippen molar-refractivity contribution in [3.05, 3.63) is 54.1 Å². The Bertz CT molecular complexity index is 926. The number of fused-ring (bicyclic) bond motifs is 1. The molecule has 0 aliphatic rings. The summed E-state index contributed by atoms with van der Waals surface area (Å²) in [7, 11) is 1.57. The molecule has 3 rings (SSSR count). The number of aliphatic hydroxyl groups excluding tert-OH is 1. The van der Waals surface area contributed by atoms with Gasteiger partial charge in [-0.15, -0.1) is 0 Å². The van der Waals surface area contributed by atoms with Crippen LogP contribution in [0.5, 0.6) is 5.75 Å². The SMILES string of the molecule is COc1ccc2nc(NC(=O)COC(=O)C(O)c3ccccc3)sc2c1. The van der Waals surface area contributed by atoms with E-state index in [-0.39, 0.29) is 0 Å². The number of aliphatic hydroxyl groups is 1. The van der Waals surface area contributed by atoms with Crippen molar-refractivity contribution in [3.8, 4) is 5.75 Å². The lowest BCUT2D eigenvalue weighted by molar-refractivity contribution is -0.156. The van der Waals surface area contributed by atoms with Crippen molar-refractivity contribution < 1.29 is 24.2 Å². The van der Waals surface area contributed by atoms with E-state index in [2.05, 4.69) is 10.3 Å². The van der Waals surface area contributed by atoms with Crippen molar-refractivity contribution in [1.82, 2.24) is 4.98 Å². The van der Waals surface area contributed by atoms with E-state index >= 15 is 0 Å². The number of nitrogens with one attached hydrogen (secondary N) is 1. The van der Waals surface area contributed by atoms with Gasteiger partial charge in [-0.1, -0.05) is 41.7 Å². The fourth-order valence-electron chi connectivity index (χ4n) is 2.23. The number of hydrogen-bond donors (Lipinski definition) is 2. The lowest BCUT2D eigenvalue weighted by atomic mass is 10.1.